The normalized spacial score (nSPS) is 10.2. The van der Waals surface area contributed by atoms with Gasteiger partial charge in [0, 0.05) is 12.7 Å². The molecule has 0 fully saturated rings. The second-order valence-electron chi connectivity index (χ2n) is 2.41. The summed E-state index contributed by atoms with van der Waals surface area (Å²) in [5, 5.41) is 7.70. The Labute approximate surface area is 75.7 Å². The molecule has 0 aromatic carbocycles. The molecule has 0 aliphatic carbocycles. The number of hydrogen-bond donors (Lipinski definition) is 1. The largest absolute Gasteiger partial charge is 0.382 e. The first-order chi connectivity index (χ1) is 5.66. The number of hydrogen-bond acceptors (Lipinski definition) is 4. The second kappa shape index (κ2) is 3.69. The maximum Gasteiger partial charge on any atom is 0.155 e. The lowest BCUT2D eigenvalue weighted by molar-refractivity contribution is 0.184. The van der Waals surface area contributed by atoms with Crippen molar-refractivity contribution < 1.29 is 4.74 Å². The van der Waals surface area contributed by atoms with Crippen molar-refractivity contribution in [3.8, 4) is 0 Å². The van der Waals surface area contributed by atoms with Crippen molar-refractivity contribution in [3.05, 3.63) is 16.3 Å². The smallest absolute Gasteiger partial charge is 0.155 e. The van der Waals surface area contributed by atoms with Gasteiger partial charge in [0.25, 0.3) is 0 Å². The first kappa shape index (κ1) is 9.22. The van der Waals surface area contributed by atoms with Crippen LogP contribution in [0.15, 0.2) is 0 Å². The molecule has 66 valence electrons. The molecule has 0 saturated heterocycles. The summed E-state index contributed by atoms with van der Waals surface area (Å²) in [4.78, 5) is 0. The molecule has 0 atom stereocenters. The summed E-state index contributed by atoms with van der Waals surface area (Å²) < 4.78 is 4.94. The first-order valence-corrected chi connectivity index (χ1v) is 3.80. The number of nitrogen functional groups attached to an aromatic ring is 1. The van der Waals surface area contributed by atoms with E-state index >= 15 is 0 Å². The Morgan fingerprint density at radius 1 is 1.50 bits per heavy atom. The lowest BCUT2D eigenvalue weighted by Gasteiger charge is -2.06. The van der Waals surface area contributed by atoms with Crippen LogP contribution < -0.4 is 5.73 Å². The van der Waals surface area contributed by atoms with Crippen LogP contribution in [0.1, 0.15) is 11.1 Å². The van der Waals surface area contributed by atoms with E-state index in [0.29, 0.717) is 17.6 Å². The Morgan fingerprint density at radius 2 is 2.17 bits per heavy atom. The number of anilines is 1. The third-order valence-electron chi connectivity index (χ3n) is 1.61. The standard InChI is InChI=1S/C7H10ClN3O/c1-4-5(3-12-2)7(9)11-10-6(4)8/h3H2,1-2H3,(H2,9,11). The van der Waals surface area contributed by atoms with Gasteiger partial charge in [-0.15, -0.1) is 10.2 Å². The molecular weight excluding hydrogens is 178 g/mol. The molecule has 1 heterocycles. The van der Waals surface area contributed by atoms with Crippen molar-refractivity contribution in [2.45, 2.75) is 13.5 Å². The number of ether oxygens (including phenoxy) is 1. The number of aromatic nitrogens is 2. The van der Waals surface area contributed by atoms with Crippen molar-refractivity contribution >= 4 is 17.4 Å². The van der Waals surface area contributed by atoms with Gasteiger partial charge in [-0.1, -0.05) is 11.6 Å². The molecule has 0 bridgehead atoms. The van der Waals surface area contributed by atoms with Crippen LogP contribution in [0.5, 0.6) is 0 Å². The molecule has 1 aromatic rings. The van der Waals surface area contributed by atoms with Crippen LogP contribution in [-0.4, -0.2) is 17.3 Å². The molecule has 5 heteroatoms. The molecule has 0 aliphatic rings. The van der Waals surface area contributed by atoms with E-state index in [2.05, 4.69) is 10.2 Å². The average Bonchev–Trinajstić information content (AvgIpc) is 2.06. The van der Waals surface area contributed by atoms with Gasteiger partial charge >= 0.3 is 0 Å². The molecule has 1 aromatic heterocycles. The van der Waals surface area contributed by atoms with Crippen LogP contribution in [0.25, 0.3) is 0 Å². The average molecular weight is 188 g/mol. The molecule has 2 N–H and O–H groups in total. The summed E-state index contributed by atoms with van der Waals surface area (Å²) in [5.41, 5.74) is 7.19. The molecule has 0 amide bonds. The van der Waals surface area contributed by atoms with E-state index in [1.54, 1.807) is 7.11 Å². The van der Waals surface area contributed by atoms with E-state index in [0.717, 1.165) is 11.1 Å². The summed E-state index contributed by atoms with van der Waals surface area (Å²) in [5.74, 6) is 0.374. The van der Waals surface area contributed by atoms with Crippen LogP contribution in [0.2, 0.25) is 5.15 Å². The molecule has 0 aliphatic heterocycles. The van der Waals surface area contributed by atoms with Gasteiger partial charge in [0.15, 0.2) is 11.0 Å². The topological polar surface area (TPSA) is 61.0 Å². The maximum absolute atomic E-state index is 5.74. The van der Waals surface area contributed by atoms with Crippen molar-refractivity contribution in [1.29, 1.82) is 0 Å². The Morgan fingerprint density at radius 3 is 2.75 bits per heavy atom. The van der Waals surface area contributed by atoms with Crippen LogP contribution in [0, 0.1) is 6.92 Å². The minimum atomic E-state index is 0.372. The fourth-order valence-electron chi connectivity index (χ4n) is 0.876. The summed E-state index contributed by atoms with van der Waals surface area (Å²) in [6, 6.07) is 0. The monoisotopic (exact) mass is 187 g/mol. The predicted molar refractivity (Wildman–Crippen MR) is 46.9 cm³/mol. The third kappa shape index (κ3) is 1.65. The SMILES string of the molecule is COCc1c(N)nnc(Cl)c1C. The van der Waals surface area contributed by atoms with E-state index in [9.17, 15) is 0 Å². The highest BCUT2D eigenvalue weighted by atomic mass is 35.5. The van der Waals surface area contributed by atoms with Gasteiger partial charge in [0.2, 0.25) is 0 Å². The summed E-state index contributed by atoms with van der Waals surface area (Å²) in [6.45, 7) is 2.24. The fraction of sp³-hybridized carbons (Fsp3) is 0.429. The van der Waals surface area contributed by atoms with E-state index in [4.69, 9.17) is 22.1 Å². The second-order valence-corrected chi connectivity index (χ2v) is 2.77. The van der Waals surface area contributed by atoms with Crippen molar-refractivity contribution in [3.63, 3.8) is 0 Å². The van der Waals surface area contributed by atoms with E-state index < -0.39 is 0 Å². The minimum Gasteiger partial charge on any atom is -0.382 e. The highest BCUT2D eigenvalue weighted by Gasteiger charge is 2.08. The Balaban J connectivity index is 3.14. The van der Waals surface area contributed by atoms with Crippen LogP contribution >= 0.6 is 11.6 Å². The lowest BCUT2D eigenvalue weighted by atomic mass is 10.2. The van der Waals surface area contributed by atoms with Gasteiger partial charge < -0.3 is 10.5 Å². The molecule has 1 rings (SSSR count). The minimum absolute atomic E-state index is 0.372. The van der Waals surface area contributed by atoms with Gasteiger partial charge in [-0.05, 0) is 12.5 Å². The number of methoxy groups -OCH3 is 1. The van der Waals surface area contributed by atoms with E-state index in [1.165, 1.54) is 0 Å². The van der Waals surface area contributed by atoms with Crippen LogP contribution in [0.4, 0.5) is 5.82 Å². The third-order valence-corrected chi connectivity index (χ3v) is 1.96. The van der Waals surface area contributed by atoms with Gasteiger partial charge in [-0.3, -0.25) is 0 Å². The zero-order valence-electron chi connectivity index (χ0n) is 6.97. The van der Waals surface area contributed by atoms with Gasteiger partial charge in [0.05, 0.1) is 6.61 Å². The highest BCUT2D eigenvalue weighted by molar-refractivity contribution is 6.30. The molecular formula is C7H10ClN3O. The quantitative estimate of drug-likeness (QED) is 0.755. The zero-order chi connectivity index (χ0) is 9.14. The molecule has 4 nitrogen and oxygen atoms in total. The number of rotatable bonds is 2. The van der Waals surface area contributed by atoms with Crippen LogP contribution in [0.3, 0.4) is 0 Å². The molecule has 0 radical (unpaired) electrons. The van der Waals surface area contributed by atoms with Crippen LogP contribution in [-0.2, 0) is 11.3 Å². The number of nitrogens with zero attached hydrogens (tertiary/aromatic N) is 2. The Bertz CT molecular complexity index is 290. The number of nitrogens with two attached hydrogens (primary N) is 1. The molecule has 0 spiro atoms. The van der Waals surface area contributed by atoms with E-state index in [-0.39, 0.29) is 0 Å². The predicted octanol–water partition coefficient (Wildman–Crippen LogP) is 1.17. The zero-order valence-corrected chi connectivity index (χ0v) is 7.72. The highest BCUT2D eigenvalue weighted by Crippen LogP contribution is 2.19. The maximum atomic E-state index is 5.74. The molecule has 0 saturated carbocycles. The molecule has 12 heavy (non-hydrogen) atoms. The Hall–Kier alpha value is -0.870. The summed E-state index contributed by atoms with van der Waals surface area (Å²) in [6.07, 6.45) is 0. The lowest BCUT2D eigenvalue weighted by Crippen LogP contribution is -2.04. The summed E-state index contributed by atoms with van der Waals surface area (Å²) >= 11 is 5.74. The first-order valence-electron chi connectivity index (χ1n) is 3.43. The van der Waals surface area contributed by atoms with Crippen molar-refractivity contribution in [2.75, 3.05) is 12.8 Å². The van der Waals surface area contributed by atoms with Gasteiger partial charge in [0.1, 0.15) is 0 Å². The van der Waals surface area contributed by atoms with Gasteiger partial charge in [-0.2, -0.15) is 0 Å². The molecule has 0 unspecified atom stereocenters. The van der Waals surface area contributed by atoms with Gasteiger partial charge in [-0.25, -0.2) is 0 Å². The number of halogens is 1. The fourth-order valence-corrected chi connectivity index (χ4v) is 1.03. The van der Waals surface area contributed by atoms with Crippen molar-refractivity contribution in [1.82, 2.24) is 10.2 Å². The van der Waals surface area contributed by atoms with E-state index in [1.807, 2.05) is 6.92 Å². The Kier molecular flexibility index (Phi) is 2.83. The summed E-state index contributed by atoms with van der Waals surface area (Å²) in [7, 11) is 1.59. The van der Waals surface area contributed by atoms with Crippen molar-refractivity contribution in [2.24, 2.45) is 0 Å².